The van der Waals surface area contributed by atoms with Crippen molar-refractivity contribution >= 4 is 17.6 Å². The van der Waals surface area contributed by atoms with E-state index in [9.17, 15) is 5.11 Å². The molecule has 100 valence electrons. The highest BCUT2D eigenvalue weighted by Crippen LogP contribution is 2.35. The molecule has 1 heterocycles. The molecule has 1 aromatic rings. The van der Waals surface area contributed by atoms with E-state index in [4.69, 9.17) is 11.5 Å². The number of rotatable bonds is 4. The molecule has 0 unspecified atom stereocenters. The average Bonchev–Trinajstić information content (AvgIpc) is 2.36. The summed E-state index contributed by atoms with van der Waals surface area (Å²) in [4.78, 5) is 7.90. The first kappa shape index (κ1) is 12.9. The zero-order chi connectivity index (χ0) is 13.0. The van der Waals surface area contributed by atoms with Crippen LogP contribution in [0.5, 0.6) is 0 Å². The van der Waals surface area contributed by atoms with Crippen molar-refractivity contribution in [2.24, 2.45) is 5.41 Å². The van der Waals surface area contributed by atoms with Crippen LogP contribution in [0, 0.1) is 5.41 Å². The second kappa shape index (κ2) is 5.39. The molecule has 6 nitrogen and oxygen atoms in total. The van der Waals surface area contributed by atoms with Gasteiger partial charge in [0.25, 0.3) is 0 Å². The normalized spacial score (nSPS) is 18.5. The van der Waals surface area contributed by atoms with Gasteiger partial charge in [-0.25, -0.2) is 0 Å². The summed E-state index contributed by atoms with van der Waals surface area (Å²) in [5.41, 5.74) is 11.1. The fourth-order valence-corrected chi connectivity index (χ4v) is 2.55. The highest BCUT2D eigenvalue weighted by atomic mass is 16.3. The van der Waals surface area contributed by atoms with Crippen LogP contribution < -0.4 is 16.8 Å². The molecule has 1 saturated carbocycles. The van der Waals surface area contributed by atoms with E-state index in [2.05, 4.69) is 15.3 Å². The van der Waals surface area contributed by atoms with Crippen LogP contribution in [0.3, 0.4) is 0 Å². The maximum absolute atomic E-state index is 9.61. The number of anilines is 3. The van der Waals surface area contributed by atoms with E-state index in [1.165, 1.54) is 19.3 Å². The van der Waals surface area contributed by atoms with Gasteiger partial charge < -0.3 is 21.9 Å². The summed E-state index contributed by atoms with van der Waals surface area (Å²) in [6, 6.07) is 1.66. The average molecular weight is 251 g/mol. The Balaban J connectivity index is 2.00. The minimum absolute atomic E-state index is 0.0350. The van der Waals surface area contributed by atoms with Gasteiger partial charge in [0.1, 0.15) is 11.6 Å². The summed E-state index contributed by atoms with van der Waals surface area (Å²) in [6.45, 7) is 0.898. The summed E-state index contributed by atoms with van der Waals surface area (Å²) >= 11 is 0. The lowest BCUT2D eigenvalue weighted by atomic mass is 9.74. The highest BCUT2D eigenvalue weighted by Gasteiger charge is 2.31. The molecule has 1 aliphatic carbocycles. The molecule has 0 bridgehead atoms. The molecule has 1 aromatic heterocycles. The molecule has 0 aliphatic heterocycles. The number of aromatic nitrogens is 2. The van der Waals surface area contributed by atoms with Crippen LogP contribution in [0.25, 0.3) is 0 Å². The van der Waals surface area contributed by atoms with Crippen molar-refractivity contribution in [2.75, 3.05) is 29.9 Å². The Morgan fingerprint density at radius 1 is 1.22 bits per heavy atom. The zero-order valence-electron chi connectivity index (χ0n) is 10.5. The van der Waals surface area contributed by atoms with Crippen molar-refractivity contribution in [3.63, 3.8) is 0 Å². The Labute approximate surface area is 107 Å². The SMILES string of the molecule is Nc1cc(NCC2(CO)CCCCC2)nc(N)n1. The third-order valence-electron chi connectivity index (χ3n) is 3.66. The number of nitrogens with two attached hydrogens (primary N) is 2. The van der Waals surface area contributed by atoms with Crippen LogP contribution >= 0.6 is 0 Å². The van der Waals surface area contributed by atoms with Crippen molar-refractivity contribution in [3.05, 3.63) is 6.07 Å². The second-order valence-electron chi connectivity index (χ2n) is 5.11. The Morgan fingerprint density at radius 2 is 1.94 bits per heavy atom. The van der Waals surface area contributed by atoms with Gasteiger partial charge in [-0.3, -0.25) is 0 Å². The monoisotopic (exact) mass is 251 g/mol. The lowest BCUT2D eigenvalue weighted by molar-refractivity contribution is 0.0943. The third-order valence-corrected chi connectivity index (χ3v) is 3.66. The van der Waals surface area contributed by atoms with Crippen molar-refractivity contribution < 1.29 is 5.11 Å². The Bertz CT molecular complexity index is 383. The van der Waals surface area contributed by atoms with Gasteiger partial charge in [0.2, 0.25) is 5.95 Å². The molecular formula is C12H21N5O. The first-order chi connectivity index (χ1) is 8.63. The van der Waals surface area contributed by atoms with E-state index < -0.39 is 0 Å². The molecule has 1 aliphatic rings. The van der Waals surface area contributed by atoms with Crippen molar-refractivity contribution in [2.45, 2.75) is 32.1 Å². The number of nitrogens with zero attached hydrogens (tertiary/aromatic N) is 2. The van der Waals surface area contributed by atoms with Gasteiger partial charge in [-0.15, -0.1) is 0 Å². The number of hydrogen-bond donors (Lipinski definition) is 4. The maximum atomic E-state index is 9.61. The minimum Gasteiger partial charge on any atom is -0.396 e. The summed E-state index contributed by atoms with van der Waals surface area (Å²) < 4.78 is 0. The quantitative estimate of drug-likeness (QED) is 0.635. The number of aliphatic hydroxyl groups is 1. The Kier molecular flexibility index (Phi) is 3.86. The largest absolute Gasteiger partial charge is 0.396 e. The predicted molar refractivity (Wildman–Crippen MR) is 72.0 cm³/mol. The van der Waals surface area contributed by atoms with Gasteiger partial charge in [0.15, 0.2) is 0 Å². The lowest BCUT2D eigenvalue weighted by Gasteiger charge is -2.35. The Morgan fingerprint density at radius 3 is 2.56 bits per heavy atom. The highest BCUT2D eigenvalue weighted by molar-refractivity contribution is 5.48. The van der Waals surface area contributed by atoms with Crippen LogP contribution in [0.1, 0.15) is 32.1 Å². The fraction of sp³-hybridized carbons (Fsp3) is 0.667. The summed E-state index contributed by atoms with van der Waals surface area (Å²) in [5.74, 6) is 1.14. The van der Waals surface area contributed by atoms with Crippen molar-refractivity contribution in [1.29, 1.82) is 0 Å². The smallest absolute Gasteiger partial charge is 0.223 e. The van der Waals surface area contributed by atoms with E-state index >= 15 is 0 Å². The van der Waals surface area contributed by atoms with Gasteiger partial charge in [0.05, 0.1) is 6.61 Å². The fourth-order valence-electron chi connectivity index (χ4n) is 2.55. The maximum Gasteiger partial charge on any atom is 0.223 e. The van der Waals surface area contributed by atoms with Crippen molar-refractivity contribution in [3.8, 4) is 0 Å². The molecule has 6 heteroatoms. The van der Waals surface area contributed by atoms with E-state index in [-0.39, 0.29) is 18.0 Å². The summed E-state index contributed by atoms with van der Waals surface area (Å²) in [7, 11) is 0. The molecule has 0 saturated heterocycles. The first-order valence-corrected chi connectivity index (χ1v) is 6.38. The predicted octanol–water partition coefficient (Wildman–Crippen LogP) is 0.996. The van der Waals surface area contributed by atoms with Crippen LogP contribution in [-0.2, 0) is 0 Å². The molecule has 6 N–H and O–H groups in total. The number of aliphatic hydroxyl groups excluding tert-OH is 1. The molecule has 0 atom stereocenters. The van der Waals surface area contributed by atoms with E-state index in [0.29, 0.717) is 18.2 Å². The molecule has 0 radical (unpaired) electrons. The number of hydrogen-bond acceptors (Lipinski definition) is 6. The zero-order valence-corrected chi connectivity index (χ0v) is 10.5. The number of nitrogen functional groups attached to an aromatic ring is 2. The second-order valence-corrected chi connectivity index (χ2v) is 5.11. The van der Waals surface area contributed by atoms with E-state index in [0.717, 1.165) is 12.8 Å². The molecule has 18 heavy (non-hydrogen) atoms. The van der Waals surface area contributed by atoms with E-state index in [1.807, 2.05) is 0 Å². The third kappa shape index (κ3) is 3.01. The Hall–Kier alpha value is -1.56. The minimum atomic E-state index is -0.0350. The summed E-state index contributed by atoms with van der Waals surface area (Å²) in [5, 5.41) is 12.8. The van der Waals surface area contributed by atoms with E-state index in [1.54, 1.807) is 6.07 Å². The van der Waals surface area contributed by atoms with Crippen molar-refractivity contribution in [1.82, 2.24) is 9.97 Å². The van der Waals surface area contributed by atoms with Gasteiger partial charge >= 0.3 is 0 Å². The topological polar surface area (TPSA) is 110 Å². The molecule has 0 amide bonds. The van der Waals surface area contributed by atoms with Crippen LogP contribution in [0.15, 0.2) is 6.07 Å². The lowest BCUT2D eigenvalue weighted by Crippen LogP contribution is -2.35. The van der Waals surface area contributed by atoms with Gasteiger partial charge in [-0.2, -0.15) is 9.97 Å². The molecule has 2 rings (SSSR count). The van der Waals surface area contributed by atoms with Gasteiger partial charge in [-0.1, -0.05) is 19.3 Å². The molecule has 0 spiro atoms. The molecular weight excluding hydrogens is 230 g/mol. The standard InChI is InChI=1S/C12H21N5O/c13-9-6-10(17-11(14)16-9)15-7-12(8-18)4-2-1-3-5-12/h6,18H,1-5,7-8H2,(H5,13,14,15,16,17). The first-order valence-electron chi connectivity index (χ1n) is 6.38. The molecule has 1 fully saturated rings. The van der Waals surface area contributed by atoms with Crippen LogP contribution in [0.2, 0.25) is 0 Å². The summed E-state index contributed by atoms with van der Waals surface area (Å²) in [6.07, 6.45) is 5.71. The van der Waals surface area contributed by atoms with Gasteiger partial charge in [0, 0.05) is 18.0 Å². The molecule has 0 aromatic carbocycles. The van der Waals surface area contributed by atoms with Crippen LogP contribution in [-0.4, -0.2) is 28.2 Å². The van der Waals surface area contributed by atoms with Crippen LogP contribution in [0.4, 0.5) is 17.6 Å². The number of nitrogens with one attached hydrogen (secondary N) is 1. The van der Waals surface area contributed by atoms with Gasteiger partial charge in [-0.05, 0) is 12.8 Å².